The molecule has 152 valence electrons. The van der Waals surface area contributed by atoms with Gasteiger partial charge in [-0.1, -0.05) is 13.0 Å². The Morgan fingerprint density at radius 2 is 1.96 bits per heavy atom. The normalized spacial score (nSPS) is 17.8. The van der Waals surface area contributed by atoms with Gasteiger partial charge >= 0.3 is 11.8 Å². The smallest absolute Gasteiger partial charge is 0.309 e. The Kier molecular flexibility index (Phi) is 7.24. The second kappa shape index (κ2) is 9.86. The van der Waals surface area contributed by atoms with Gasteiger partial charge < -0.3 is 20.0 Å². The molecule has 1 aliphatic heterocycles. The lowest BCUT2D eigenvalue weighted by molar-refractivity contribution is -0.140. The number of rotatable bonds is 7. The van der Waals surface area contributed by atoms with Crippen molar-refractivity contribution in [1.82, 2.24) is 20.4 Å². The topological polar surface area (TPSA) is 77.8 Å². The first-order valence-electron chi connectivity index (χ1n) is 9.69. The molecule has 0 unspecified atom stereocenters. The van der Waals surface area contributed by atoms with Crippen LogP contribution in [-0.4, -0.2) is 60.4 Å². The molecule has 1 fully saturated rings. The highest BCUT2D eigenvalue weighted by Crippen LogP contribution is 2.29. The molecule has 8 heteroatoms. The first-order valence-corrected chi connectivity index (χ1v) is 10.6. The third-order valence-corrected chi connectivity index (χ3v) is 6.07. The molecule has 1 aliphatic rings. The van der Waals surface area contributed by atoms with E-state index < -0.39 is 11.8 Å². The average Bonchev–Trinajstić information content (AvgIpc) is 3.41. The number of hydrogen-bond donors (Lipinski definition) is 2. The molecule has 3 rings (SSSR count). The summed E-state index contributed by atoms with van der Waals surface area (Å²) in [6, 6.07) is 7.49. The van der Waals surface area contributed by atoms with Crippen LogP contribution >= 0.6 is 11.3 Å². The Balaban J connectivity index is 1.60. The molecule has 0 spiro atoms. The van der Waals surface area contributed by atoms with Gasteiger partial charge in [-0.2, -0.15) is 0 Å². The molecule has 0 aromatic carbocycles. The third kappa shape index (κ3) is 5.21. The van der Waals surface area contributed by atoms with Crippen molar-refractivity contribution < 1.29 is 14.0 Å². The molecule has 28 heavy (non-hydrogen) atoms. The van der Waals surface area contributed by atoms with Gasteiger partial charge in [0.25, 0.3) is 0 Å². The zero-order valence-electron chi connectivity index (χ0n) is 16.4. The molecular weight excluding hydrogens is 376 g/mol. The summed E-state index contributed by atoms with van der Waals surface area (Å²) in [6.07, 6.45) is 1.54. The summed E-state index contributed by atoms with van der Waals surface area (Å²) in [5.41, 5.74) is 0. The predicted octanol–water partition coefficient (Wildman–Crippen LogP) is 1.84. The number of thiophene rings is 1. The minimum absolute atomic E-state index is 0.0563. The second-order valence-electron chi connectivity index (χ2n) is 6.95. The van der Waals surface area contributed by atoms with Crippen molar-refractivity contribution in [3.8, 4) is 0 Å². The lowest BCUT2D eigenvalue weighted by Crippen LogP contribution is -2.53. The Morgan fingerprint density at radius 1 is 1.18 bits per heavy atom. The van der Waals surface area contributed by atoms with Crippen molar-refractivity contribution in [2.45, 2.75) is 32.5 Å². The number of furan rings is 1. The van der Waals surface area contributed by atoms with E-state index in [1.54, 1.807) is 23.5 Å². The number of likely N-dealkylation sites (N-methyl/N-ethyl adjacent to an activating group) is 1. The highest BCUT2D eigenvalue weighted by atomic mass is 32.1. The zero-order valence-corrected chi connectivity index (χ0v) is 17.2. The highest BCUT2D eigenvalue weighted by molar-refractivity contribution is 7.10. The van der Waals surface area contributed by atoms with Gasteiger partial charge in [-0.05, 0) is 37.0 Å². The lowest BCUT2D eigenvalue weighted by Gasteiger charge is -2.41. The number of hydrogen-bond acceptors (Lipinski definition) is 6. The maximum absolute atomic E-state index is 12.4. The molecule has 0 saturated carbocycles. The first-order chi connectivity index (χ1) is 13.6. The van der Waals surface area contributed by atoms with Crippen LogP contribution in [0.1, 0.15) is 30.5 Å². The standard InChI is InChI=1S/C20H28N4O3S/c1-3-23-8-10-24(11-9-23)18(17-7-5-13-28-17)15(2)22-20(26)19(25)21-14-16-6-4-12-27-16/h4-7,12-13,15,18H,3,8-11,14H2,1-2H3,(H,21,25)(H,22,26)/t15-,18-/m1/s1. The summed E-state index contributed by atoms with van der Waals surface area (Å²) in [5, 5.41) is 7.54. The monoisotopic (exact) mass is 404 g/mol. The van der Waals surface area contributed by atoms with Gasteiger partial charge in [-0.3, -0.25) is 14.5 Å². The van der Waals surface area contributed by atoms with Crippen LogP contribution in [0.4, 0.5) is 0 Å². The summed E-state index contributed by atoms with van der Waals surface area (Å²) in [6.45, 7) is 9.32. The van der Waals surface area contributed by atoms with Crippen LogP contribution in [0.2, 0.25) is 0 Å². The number of nitrogens with zero attached hydrogens (tertiary/aromatic N) is 2. The maximum atomic E-state index is 12.4. The second-order valence-corrected chi connectivity index (χ2v) is 7.93. The van der Waals surface area contributed by atoms with Crippen LogP contribution < -0.4 is 10.6 Å². The van der Waals surface area contributed by atoms with Crippen molar-refractivity contribution in [3.63, 3.8) is 0 Å². The highest BCUT2D eigenvalue weighted by Gasteiger charge is 2.31. The third-order valence-electron chi connectivity index (χ3n) is 5.12. The molecule has 0 radical (unpaired) electrons. The number of amides is 2. The van der Waals surface area contributed by atoms with E-state index in [0.29, 0.717) is 5.76 Å². The molecule has 2 amide bonds. The van der Waals surface area contributed by atoms with E-state index in [1.165, 1.54) is 11.1 Å². The fraction of sp³-hybridized carbons (Fsp3) is 0.500. The van der Waals surface area contributed by atoms with E-state index in [2.05, 4.69) is 38.8 Å². The van der Waals surface area contributed by atoms with Gasteiger partial charge in [-0.25, -0.2) is 0 Å². The molecule has 0 aliphatic carbocycles. The van der Waals surface area contributed by atoms with Crippen LogP contribution in [0.25, 0.3) is 0 Å². The van der Waals surface area contributed by atoms with Gasteiger partial charge in [0.15, 0.2) is 0 Å². The molecule has 2 aromatic heterocycles. The van der Waals surface area contributed by atoms with Gasteiger partial charge in [0.05, 0.1) is 18.8 Å². The molecule has 0 bridgehead atoms. The molecular formula is C20H28N4O3S. The molecule has 1 saturated heterocycles. The maximum Gasteiger partial charge on any atom is 0.309 e. The molecule has 3 heterocycles. The minimum atomic E-state index is -0.649. The van der Waals surface area contributed by atoms with Crippen molar-refractivity contribution in [3.05, 3.63) is 46.5 Å². The fourth-order valence-corrected chi connectivity index (χ4v) is 4.54. The van der Waals surface area contributed by atoms with Crippen molar-refractivity contribution >= 4 is 23.2 Å². The number of piperazine rings is 1. The van der Waals surface area contributed by atoms with Crippen LogP contribution in [0, 0.1) is 0 Å². The van der Waals surface area contributed by atoms with Crippen molar-refractivity contribution in [2.24, 2.45) is 0 Å². The van der Waals surface area contributed by atoms with Crippen LogP contribution in [0.15, 0.2) is 40.3 Å². The summed E-state index contributed by atoms with van der Waals surface area (Å²) >= 11 is 1.68. The number of nitrogens with one attached hydrogen (secondary N) is 2. The van der Waals surface area contributed by atoms with E-state index in [-0.39, 0.29) is 18.6 Å². The van der Waals surface area contributed by atoms with Gasteiger partial charge in [0.2, 0.25) is 0 Å². The van der Waals surface area contributed by atoms with Crippen LogP contribution in [0.3, 0.4) is 0 Å². The molecule has 7 nitrogen and oxygen atoms in total. The van der Waals surface area contributed by atoms with Gasteiger partial charge in [0.1, 0.15) is 5.76 Å². The summed E-state index contributed by atoms with van der Waals surface area (Å²) in [7, 11) is 0. The van der Waals surface area contributed by atoms with Crippen molar-refractivity contribution in [1.29, 1.82) is 0 Å². The lowest BCUT2D eigenvalue weighted by atomic mass is 10.0. The van der Waals surface area contributed by atoms with E-state index >= 15 is 0 Å². The van der Waals surface area contributed by atoms with Crippen molar-refractivity contribution in [2.75, 3.05) is 32.7 Å². The summed E-state index contributed by atoms with van der Waals surface area (Å²) in [5.74, 6) is -0.656. The van der Waals surface area contributed by atoms with E-state index in [1.807, 2.05) is 13.0 Å². The Labute approximate surface area is 169 Å². The van der Waals surface area contributed by atoms with Crippen LogP contribution in [0.5, 0.6) is 0 Å². The van der Waals surface area contributed by atoms with E-state index in [0.717, 1.165) is 32.7 Å². The Morgan fingerprint density at radius 3 is 2.57 bits per heavy atom. The molecule has 2 aromatic rings. The Hall–Kier alpha value is -2.16. The summed E-state index contributed by atoms with van der Waals surface area (Å²) in [4.78, 5) is 30.6. The minimum Gasteiger partial charge on any atom is -0.467 e. The van der Waals surface area contributed by atoms with Gasteiger partial charge in [0, 0.05) is 37.1 Å². The first kappa shape index (κ1) is 20.6. The SMILES string of the molecule is CCN1CCN([C@@H](c2cccs2)[C@@H](C)NC(=O)C(=O)NCc2ccco2)CC1. The fourth-order valence-electron chi connectivity index (χ4n) is 3.57. The molecule has 2 N–H and O–H groups in total. The zero-order chi connectivity index (χ0) is 19.9. The average molecular weight is 405 g/mol. The summed E-state index contributed by atoms with van der Waals surface area (Å²) < 4.78 is 5.17. The predicted molar refractivity (Wildman–Crippen MR) is 109 cm³/mol. The van der Waals surface area contributed by atoms with Crippen LogP contribution in [-0.2, 0) is 16.1 Å². The quantitative estimate of drug-likeness (QED) is 0.689. The number of carbonyl (C=O) groups excluding carboxylic acids is 2. The number of carbonyl (C=O) groups is 2. The van der Waals surface area contributed by atoms with E-state index in [4.69, 9.17) is 4.42 Å². The molecule has 2 atom stereocenters. The largest absolute Gasteiger partial charge is 0.467 e. The van der Waals surface area contributed by atoms with Gasteiger partial charge in [-0.15, -0.1) is 11.3 Å². The Bertz CT molecular complexity index is 740. The van der Waals surface area contributed by atoms with E-state index in [9.17, 15) is 9.59 Å².